The SMILES string of the molecule is CCCN(CCC)C(=O)C1=CC=CC(C(=O)N[C@@H](Cc2cc(F)cc(F)c2)[C@H](O)CSc2ncnc3nc[nH]c23)C1. The van der Waals surface area contributed by atoms with Crippen LogP contribution in [0.15, 0.2) is 59.7 Å². The van der Waals surface area contributed by atoms with Crippen LogP contribution in [0.4, 0.5) is 8.78 Å². The van der Waals surface area contributed by atoms with E-state index in [0.717, 1.165) is 18.9 Å². The van der Waals surface area contributed by atoms with E-state index in [1.54, 1.807) is 23.1 Å². The number of H-pyrrole nitrogens is 1. The highest BCUT2D eigenvalue weighted by Crippen LogP contribution is 2.25. The molecular formula is C29H34F2N6O3S. The third kappa shape index (κ3) is 7.98. The second-order valence-electron chi connectivity index (χ2n) is 9.93. The zero-order valence-electron chi connectivity index (χ0n) is 23.0. The van der Waals surface area contributed by atoms with E-state index in [0.29, 0.717) is 40.4 Å². The Kier molecular flexibility index (Phi) is 10.6. The highest BCUT2D eigenvalue weighted by atomic mass is 32.2. The number of amides is 2. The number of aliphatic hydroxyl groups is 1. The van der Waals surface area contributed by atoms with Crippen LogP contribution in [0.1, 0.15) is 38.7 Å². The van der Waals surface area contributed by atoms with Crippen molar-refractivity contribution in [1.29, 1.82) is 0 Å². The van der Waals surface area contributed by atoms with Crippen LogP contribution in [-0.4, -0.2) is 72.7 Å². The summed E-state index contributed by atoms with van der Waals surface area (Å²) in [7, 11) is 0. The van der Waals surface area contributed by atoms with Crippen LogP contribution in [0.25, 0.3) is 11.2 Å². The number of aliphatic hydroxyl groups excluding tert-OH is 1. The fourth-order valence-corrected chi connectivity index (χ4v) is 5.74. The van der Waals surface area contributed by atoms with Gasteiger partial charge in [-0.3, -0.25) is 9.59 Å². The molecule has 0 fully saturated rings. The van der Waals surface area contributed by atoms with Gasteiger partial charge in [-0.2, -0.15) is 0 Å². The molecule has 41 heavy (non-hydrogen) atoms. The summed E-state index contributed by atoms with van der Waals surface area (Å²) in [6, 6.07) is 2.25. The zero-order valence-corrected chi connectivity index (χ0v) is 23.8. The number of benzene rings is 1. The highest BCUT2D eigenvalue weighted by molar-refractivity contribution is 7.99. The Labute approximate surface area is 241 Å². The Bertz CT molecular complexity index is 1400. The minimum absolute atomic E-state index is 0.00969. The van der Waals surface area contributed by atoms with Crippen molar-refractivity contribution in [1.82, 2.24) is 30.2 Å². The topological polar surface area (TPSA) is 124 Å². The van der Waals surface area contributed by atoms with Gasteiger partial charge in [-0.1, -0.05) is 32.1 Å². The molecule has 1 aromatic carbocycles. The summed E-state index contributed by atoms with van der Waals surface area (Å²) in [6.45, 7) is 5.30. The molecule has 2 amide bonds. The van der Waals surface area contributed by atoms with Crippen molar-refractivity contribution in [3.8, 4) is 0 Å². The Morgan fingerprint density at radius 3 is 2.59 bits per heavy atom. The Morgan fingerprint density at radius 2 is 1.88 bits per heavy atom. The number of aromatic nitrogens is 4. The zero-order chi connectivity index (χ0) is 29.4. The molecule has 0 spiro atoms. The molecule has 2 aromatic heterocycles. The van der Waals surface area contributed by atoms with Crippen LogP contribution in [0.3, 0.4) is 0 Å². The maximum Gasteiger partial charge on any atom is 0.249 e. The summed E-state index contributed by atoms with van der Waals surface area (Å²) in [5.74, 6) is -2.48. The monoisotopic (exact) mass is 584 g/mol. The first-order valence-electron chi connectivity index (χ1n) is 13.7. The molecular weight excluding hydrogens is 550 g/mol. The van der Waals surface area contributed by atoms with Gasteiger partial charge >= 0.3 is 0 Å². The third-order valence-electron chi connectivity index (χ3n) is 6.72. The summed E-state index contributed by atoms with van der Waals surface area (Å²) < 4.78 is 27.9. The lowest BCUT2D eigenvalue weighted by atomic mass is 9.91. The average molecular weight is 585 g/mol. The van der Waals surface area contributed by atoms with E-state index in [-0.39, 0.29) is 30.4 Å². The van der Waals surface area contributed by atoms with Crippen molar-refractivity contribution < 1.29 is 23.5 Å². The van der Waals surface area contributed by atoms with Gasteiger partial charge in [-0.05, 0) is 43.4 Å². The number of nitrogens with one attached hydrogen (secondary N) is 2. The minimum Gasteiger partial charge on any atom is -0.390 e. The van der Waals surface area contributed by atoms with Crippen LogP contribution in [0, 0.1) is 17.6 Å². The van der Waals surface area contributed by atoms with Crippen molar-refractivity contribution in [3.63, 3.8) is 0 Å². The fourth-order valence-electron chi connectivity index (χ4n) is 4.76. The molecule has 0 saturated heterocycles. The molecule has 0 aliphatic heterocycles. The molecule has 1 unspecified atom stereocenters. The smallest absolute Gasteiger partial charge is 0.249 e. The van der Waals surface area contributed by atoms with Gasteiger partial charge in [-0.15, -0.1) is 11.8 Å². The van der Waals surface area contributed by atoms with E-state index < -0.39 is 29.7 Å². The first kappa shape index (κ1) is 30.3. The number of hydrogen-bond acceptors (Lipinski definition) is 7. The molecule has 4 rings (SSSR count). The Hall–Kier alpha value is -3.64. The quantitative estimate of drug-likeness (QED) is 0.205. The Morgan fingerprint density at radius 1 is 1.15 bits per heavy atom. The number of carbonyl (C=O) groups excluding carboxylic acids is 2. The number of aromatic amines is 1. The van der Waals surface area contributed by atoms with Crippen LogP contribution in [-0.2, 0) is 16.0 Å². The summed E-state index contributed by atoms with van der Waals surface area (Å²) in [6.07, 6.45) is 8.79. The van der Waals surface area contributed by atoms with Gasteiger partial charge in [0.15, 0.2) is 5.65 Å². The number of nitrogens with zero attached hydrogens (tertiary/aromatic N) is 4. The molecule has 1 aliphatic carbocycles. The molecule has 0 saturated carbocycles. The van der Waals surface area contributed by atoms with Gasteiger partial charge in [-0.25, -0.2) is 23.7 Å². The summed E-state index contributed by atoms with van der Waals surface area (Å²) in [4.78, 5) is 43.8. The van der Waals surface area contributed by atoms with Gasteiger partial charge in [0.2, 0.25) is 11.8 Å². The summed E-state index contributed by atoms with van der Waals surface area (Å²) in [5.41, 5.74) is 1.94. The van der Waals surface area contributed by atoms with Gasteiger partial charge < -0.3 is 20.3 Å². The minimum atomic E-state index is -1.10. The molecule has 1 aliphatic rings. The van der Waals surface area contributed by atoms with E-state index in [2.05, 4.69) is 25.3 Å². The molecule has 2 heterocycles. The molecule has 0 radical (unpaired) electrons. The number of thioether (sulfide) groups is 1. The van der Waals surface area contributed by atoms with Crippen molar-refractivity contribution in [2.75, 3.05) is 18.8 Å². The number of carbonyl (C=O) groups is 2. The number of fused-ring (bicyclic) bond motifs is 1. The molecule has 0 bridgehead atoms. The first-order chi connectivity index (χ1) is 19.8. The summed E-state index contributed by atoms with van der Waals surface area (Å²) >= 11 is 1.24. The van der Waals surface area contributed by atoms with Crippen LogP contribution in [0.5, 0.6) is 0 Å². The van der Waals surface area contributed by atoms with E-state index in [9.17, 15) is 23.5 Å². The van der Waals surface area contributed by atoms with E-state index in [4.69, 9.17) is 0 Å². The molecule has 9 nitrogen and oxygen atoms in total. The van der Waals surface area contributed by atoms with Crippen molar-refractivity contribution in [2.24, 2.45) is 5.92 Å². The first-order valence-corrected chi connectivity index (χ1v) is 14.6. The molecule has 12 heteroatoms. The van der Waals surface area contributed by atoms with Crippen LogP contribution >= 0.6 is 11.8 Å². The number of hydrogen-bond donors (Lipinski definition) is 3. The van der Waals surface area contributed by atoms with Gasteiger partial charge in [0.25, 0.3) is 0 Å². The second kappa shape index (κ2) is 14.3. The molecule has 3 aromatic rings. The number of imidazole rings is 1. The van der Waals surface area contributed by atoms with E-state index in [1.165, 1.54) is 36.5 Å². The van der Waals surface area contributed by atoms with Crippen molar-refractivity contribution in [2.45, 2.75) is 56.7 Å². The van der Waals surface area contributed by atoms with E-state index in [1.807, 2.05) is 13.8 Å². The number of halogens is 2. The lowest BCUT2D eigenvalue weighted by Crippen LogP contribution is -2.48. The lowest BCUT2D eigenvalue weighted by Gasteiger charge is -2.28. The van der Waals surface area contributed by atoms with E-state index >= 15 is 0 Å². The van der Waals surface area contributed by atoms with Crippen molar-refractivity contribution in [3.05, 3.63) is 71.9 Å². The normalized spacial score (nSPS) is 16.3. The highest BCUT2D eigenvalue weighted by Gasteiger charge is 2.29. The predicted molar refractivity (Wildman–Crippen MR) is 153 cm³/mol. The Balaban J connectivity index is 1.48. The molecule has 3 N–H and O–H groups in total. The largest absolute Gasteiger partial charge is 0.390 e. The van der Waals surface area contributed by atoms with Crippen LogP contribution in [0.2, 0.25) is 0 Å². The van der Waals surface area contributed by atoms with Gasteiger partial charge in [0.1, 0.15) is 28.5 Å². The fraction of sp³-hybridized carbons (Fsp3) is 0.414. The molecule has 3 atom stereocenters. The average Bonchev–Trinajstić information content (AvgIpc) is 3.44. The maximum absolute atomic E-state index is 13.9. The second-order valence-corrected chi connectivity index (χ2v) is 10.9. The summed E-state index contributed by atoms with van der Waals surface area (Å²) in [5, 5.41) is 14.6. The van der Waals surface area contributed by atoms with Gasteiger partial charge in [0.05, 0.1) is 24.4 Å². The predicted octanol–water partition coefficient (Wildman–Crippen LogP) is 3.96. The van der Waals surface area contributed by atoms with Gasteiger partial charge in [0, 0.05) is 30.5 Å². The molecule has 218 valence electrons. The van der Waals surface area contributed by atoms with Crippen LogP contribution < -0.4 is 5.32 Å². The third-order valence-corrected chi connectivity index (χ3v) is 7.81. The maximum atomic E-state index is 13.9. The standard InChI is InChI=1S/C29H34F2N6O3S/c1-3-8-37(9-4-2)29(40)20-7-5-6-19(13-20)27(39)36-23(12-18-10-21(30)14-22(31)11-18)24(38)15-41-28-25-26(33-16-32-25)34-17-35-28/h5-7,10-11,14,16-17,19,23-24,38H,3-4,8-9,12-13,15H2,1-2H3,(H,36,39)(H,32,33,34,35)/t19?,23-,24+/m0/s1. The number of rotatable bonds is 13. The van der Waals surface area contributed by atoms with Crippen molar-refractivity contribution >= 4 is 34.7 Å². The lowest BCUT2D eigenvalue weighted by molar-refractivity contribution is -0.128. The number of allylic oxidation sites excluding steroid dienone is 2.